The Bertz CT molecular complexity index is 951. The molecule has 0 saturated carbocycles. The summed E-state index contributed by atoms with van der Waals surface area (Å²) in [6.45, 7) is 3.41. The average Bonchev–Trinajstić information content (AvgIpc) is 2.93. The van der Waals surface area contributed by atoms with Gasteiger partial charge in [-0.2, -0.15) is 0 Å². The molecule has 1 aromatic heterocycles. The fourth-order valence-electron chi connectivity index (χ4n) is 3.18. The van der Waals surface area contributed by atoms with E-state index in [0.29, 0.717) is 33.6 Å². The van der Waals surface area contributed by atoms with E-state index in [1.54, 1.807) is 32.0 Å². The summed E-state index contributed by atoms with van der Waals surface area (Å²) in [6, 6.07) is 9.32. The molecular formula is C19H18O6. The summed E-state index contributed by atoms with van der Waals surface area (Å²) in [6.07, 6.45) is -2.11. The summed E-state index contributed by atoms with van der Waals surface area (Å²) in [5, 5.41) is 40.6. The number of ether oxygens (including phenoxy) is 1. The monoisotopic (exact) mass is 342 g/mol. The highest BCUT2D eigenvalue weighted by Crippen LogP contribution is 2.43. The number of hydrogen-bond acceptors (Lipinski definition) is 6. The number of fused-ring (bicyclic) bond motifs is 2. The molecule has 25 heavy (non-hydrogen) atoms. The van der Waals surface area contributed by atoms with Gasteiger partial charge in [-0.05, 0) is 38.1 Å². The molecule has 0 amide bonds. The Hall–Kier alpha value is -2.70. The van der Waals surface area contributed by atoms with Crippen LogP contribution in [0.2, 0.25) is 0 Å². The predicted octanol–water partition coefficient (Wildman–Crippen LogP) is 3.08. The molecule has 1 aliphatic rings. The van der Waals surface area contributed by atoms with Crippen molar-refractivity contribution in [2.24, 2.45) is 0 Å². The quantitative estimate of drug-likeness (QED) is 0.542. The third-order valence-electron chi connectivity index (χ3n) is 4.54. The van der Waals surface area contributed by atoms with E-state index >= 15 is 0 Å². The second-order valence-electron chi connectivity index (χ2n) is 6.87. The van der Waals surface area contributed by atoms with Gasteiger partial charge in [0.25, 0.3) is 0 Å². The van der Waals surface area contributed by atoms with Crippen LogP contribution in [0.3, 0.4) is 0 Å². The number of hydrogen-bond donors (Lipinski definition) is 4. The predicted molar refractivity (Wildman–Crippen MR) is 90.7 cm³/mol. The molecule has 4 rings (SSSR count). The van der Waals surface area contributed by atoms with Gasteiger partial charge in [0.05, 0.1) is 0 Å². The zero-order chi connectivity index (χ0) is 17.9. The minimum atomic E-state index is -1.06. The van der Waals surface area contributed by atoms with Gasteiger partial charge in [0, 0.05) is 28.6 Å². The fourth-order valence-corrected chi connectivity index (χ4v) is 3.18. The molecule has 0 radical (unpaired) electrons. The van der Waals surface area contributed by atoms with Gasteiger partial charge in [0.2, 0.25) is 0 Å². The van der Waals surface area contributed by atoms with Gasteiger partial charge in [-0.25, -0.2) is 0 Å². The molecule has 6 nitrogen and oxygen atoms in total. The third-order valence-corrected chi connectivity index (χ3v) is 4.54. The fraction of sp³-hybridized carbons (Fsp3) is 0.263. The first-order valence-corrected chi connectivity index (χ1v) is 7.90. The van der Waals surface area contributed by atoms with Crippen LogP contribution >= 0.6 is 0 Å². The molecule has 2 atom stereocenters. The van der Waals surface area contributed by atoms with Gasteiger partial charge in [0.1, 0.15) is 46.4 Å². The van der Waals surface area contributed by atoms with Crippen LogP contribution < -0.4 is 4.74 Å². The second-order valence-corrected chi connectivity index (χ2v) is 6.87. The average molecular weight is 342 g/mol. The van der Waals surface area contributed by atoms with Crippen molar-refractivity contribution in [3.8, 4) is 28.6 Å². The first kappa shape index (κ1) is 15.8. The van der Waals surface area contributed by atoms with Crippen molar-refractivity contribution < 1.29 is 29.6 Å². The van der Waals surface area contributed by atoms with Gasteiger partial charge in [-0.3, -0.25) is 0 Å². The highest BCUT2D eigenvalue weighted by atomic mass is 16.5. The van der Waals surface area contributed by atoms with E-state index in [1.165, 1.54) is 18.2 Å². The van der Waals surface area contributed by atoms with Crippen molar-refractivity contribution in [2.45, 2.75) is 31.7 Å². The molecule has 130 valence electrons. The Kier molecular flexibility index (Phi) is 3.25. The third kappa shape index (κ3) is 2.50. The number of benzene rings is 2. The molecule has 6 heteroatoms. The lowest BCUT2D eigenvalue weighted by atomic mass is 9.88. The maximum atomic E-state index is 10.4. The number of rotatable bonds is 1. The van der Waals surface area contributed by atoms with Crippen molar-refractivity contribution >= 4 is 11.0 Å². The summed E-state index contributed by atoms with van der Waals surface area (Å²) in [4.78, 5) is 0. The topological polar surface area (TPSA) is 103 Å². The van der Waals surface area contributed by atoms with Crippen molar-refractivity contribution in [2.75, 3.05) is 0 Å². The van der Waals surface area contributed by atoms with Crippen LogP contribution in [-0.2, 0) is 0 Å². The van der Waals surface area contributed by atoms with Crippen LogP contribution in [0.15, 0.2) is 40.8 Å². The minimum absolute atomic E-state index is 0.0709. The van der Waals surface area contributed by atoms with Crippen LogP contribution in [0.4, 0.5) is 0 Å². The Labute approximate surface area is 143 Å². The molecule has 1 aliphatic heterocycles. The van der Waals surface area contributed by atoms with Crippen LogP contribution in [0.1, 0.15) is 25.5 Å². The van der Waals surface area contributed by atoms with Crippen LogP contribution in [-0.4, -0.2) is 32.1 Å². The molecule has 4 N–H and O–H groups in total. The number of phenols is 2. The van der Waals surface area contributed by atoms with E-state index in [4.69, 9.17) is 9.15 Å². The second kappa shape index (κ2) is 5.15. The number of phenolic OH excluding ortho intramolecular Hbond substituents is 2. The molecule has 0 spiro atoms. The molecule has 3 aromatic rings. The van der Waals surface area contributed by atoms with E-state index < -0.39 is 17.8 Å². The molecule has 0 unspecified atom stereocenters. The van der Waals surface area contributed by atoms with Gasteiger partial charge in [0.15, 0.2) is 0 Å². The van der Waals surface area contributed by atoms with Gasteiger partial charge in [-0.15, -0.1) is 0 Å². The van der Waals surface area contributed by atoms with Gasteiger partial charge in [-0.1, -0.05) is 0 Å². The Morgan fingerprint density at radius 1 is 0.920 bits per heavy atom. The normalized spacial score (nSPS) is 21.8. The zero-order valence-electron chi connectivity index (χ0n) is 13.7. The Balaban J connectivity index is 1.85. The van der Waals surface area contributed by atoms with Gasteiger partial charge >= 0.3 is 0 Å². The van der Waals surface area contributed by atoms with E-state index in [1.807, 2.05) is 0 Å². The standard InChI is InChI=1S/C19H18O6/c1-19(2)18(23)17(22)13-5-10-6-14(24-15(10)8-16(13)25-19)9-3-11(20)7-12(21)4-9/h3-8,17-18,20-23H,1-2H3/t17-,18+/m1/s1. The first-order valence-electron chi connectivity index (χ1n) is 7.90. The summed E-state index contributed by atoms with van der Waals surface area (Å²) >= 11 is 0. The van der Waals surface area contributed by atoms with Gasteiger partial charge < -0.3 is 29.6 Å². The maximum Gasteiger partial charge on any atom is 0.138 e. The Morgan fingerprint density at radius 3 is 2.28 bits per heavy atom. The summed E-state index contributed by atoms with van der Waals surface area (Å²) in [5.74, 6) is 0.768. The van der Waals surface area contributed by atoms with E-state index in [-0.39, 0.29) is 11.5 Å². The van der Waals surface area contributed by atoms with Crippen LogP contribution in [0.25, 0.3) is 22.3 Å². The van der Waals surface area contributed by atoms with Crippen molar-refractivity contribution in [1.82, 2.24) is 0 Å². The van der Waals surface area contributed by atoms with Crippen molar-refractivity contribution in [3.05, 3.63) is 42.0 Å². The van der Waals surface area contributed by atoms with E-state index in [2.05, 4.69) is 0 Å². The number of aliphatic hydroxyl groups is 2. The van der Waals surface area contributed by atoms with Crippen LogP contribution in [0, 0.1) is 0 Å². The Morgan fingerprint density at radius 2 is 1.60 bits per heavy atom. The maximum absolute atomic E-state index is 10.4. The smallest absolute Gasteiger partial charge is 0.138 e. The molecular weight excluding hydrogens is 324 g/mol. The molecule has 0 aliphatic carbocycles. The highest BCUT2D eigenvalue weighted by molar-refractivity contribution is 5.85. The molecule has 2 aromatic carbocycles. The molecule has 0 bridgehead atoms. The minimum Gasteiger partial charge on any atom is -0.508 e. The van der Waals surface area contributed by atoms with Crippen LogP contribution in [0.5, 0.6) is 17.2 Å². The lowest BCUT2D eigenvalue weighted by Crippen LogP contribution is -2.48. The summed E-state index contributed by atoms with van der Waals surface area (Å²) in [7, 11) is 0. The van der Waals surface area contributed by atoms with Crippen molar-refractivity contribution in [1.29, 1.82) is 0 Å². The lowest BCUT2D eigenvalue weighted by molar-refractivity contribution is -0.111. The zero-order valence-corrected chi connectivity index (χ0v) is 13.7. The van der Waals surface area contributed by atoms with E-state index in [0.717, 1.165) is 0 Å². The van der Waals surface area contributed by atoms with E-state index in [9.17, 15) is 20.4 Å². The number of aromatic hydroxyl groups is 2. The molecule has 0 saturated heterocycles. The number of aliphatic hydroxyl groups excluding tert-OH is 2. The number of furan rings is 1. The highest BCUT2D eigenvalue weighted by Gasteiger charge is 2.42. The molecule has 2 heterocycles. The summed E-state index contributed by atoms with van der Waals surface area (Å²) in [5.41, 5.74) is 0.627. The molecule has 0 fully saturated rings. The largest absolute Gasteiger partial charge is 0.508 e. The summed E-state index contributed by atoms with van der Waals surface area (Å²) < 4.78 is 11.6. The van der Waals surface area contributed by atoms with Crippen molar-refractivity contribution in [3.63, 3.8) is 0 Å². The SMILES string of the molecule is CC1(C)Oc2cc3oc(-c4cc(O)cc(O)c4)cc3cc2[C@@H](O)[C@@H]1O. The lowest BCUT2D eigenvalue weighted by Gasteiger charge is -2.39. The first-order chi connectivity index (χ1) is 11.7.